The highest BCUT2D eigenvalue weighted by Gasteiger charge is 2.17. The predicted molar refractivity (Wildman–Crippen MR) is 104 cm³/mol. The number of hydrogen-bond acceptors (Lipinski definition) is 5. The molecule has 0 unspecified atom stereocenters. The van der Waals surface area contributed by atoms with Crippen LogP contribution in [0, 0.1) is 11.3 Å². The van der Waals surface area contributed by atoms with Crippen LogP contribution < -0.4 is 5.32 Å². The Morgan fingerprint density at radius 3 is 2.52 bits per heavy atom. The van der Waals surface area contributed by atoms with Crippen molar-refractivity contribution in [3.05, 3.63) is 71.9 Å². The Hall–Kier alpha value is -3.30. The Kier molecular flexibility index (Phi) is 6.08. The first-order valence-corrected chi connectivity index (χ1v) is 8.86. The monoisotopic (exact) mass is 362 g/mol. The SMILES string of the molecule is N#C/C(=C/N1CCN(Cc2ccccc2)CC1)C(=O)Nc1cccc(O)c1. The number of carbonyl (C=O) groups is 1. The van der Waals surface area contributed by atoms with Crippen LogP contribution in [0.3, 0.4) is 0 Å². The second-order valence-electron chi connectivity index (χ2n) is 6.46. The number of benzene rings is 2. The molecule has 1 saturated heterocycles. The Balaban J connectivity index is 1.55. The van der Waals surface area contributed by atoms with Crippen molar-refractivity contribution in [2.24, 2.45) is 0 Å². The maximum absolute atomic E-state index is 12.3. The van der Waals surface area contributed by atoms with Gasteiger partial charge in [-0.3, -0.25) is 9.69 Å². The fourth-order valence-electron chi connectivity index (χ4n) is 3.00. The summed E-state index contributed by atoms with van der Waals surface area (Å²) in [6.45, 7) is 4.17. The summed E-state index contributed by atoms with van der Waals surface area (Å²) in [6, 6.07) is 18.5. The van der Waals surface area contributed by atoms with Crippen molar-refractivity contribution in [2.45, 2.75) is 6.54 Å². The van der Waals surface area contributed by atoms with Crippen LogP contribution in [0.25, 0.3) is 0 Å². The number of aromatic hydroxyl groups is 1. The number of phenols is 1. The van der Waals surface area contributed by atoms with Gasteiger partial charge in [0, 0.05) is 50.7 Å². The molecule has 1 fully saturated rings. The van der Waals surface area contributed by atoms with E-state index in [-0.39, 0.29) is 11.3 Å². The lowest BCUT2D eigenvalue weighted by molar-refractivity contribution is -0.112. The van der Waals surface area contributed by atoms with Gasteiger partial charge in [-0.15, -0.1) is 0 Å². The van der Waals surface area contributed by atoms with Crippen LogP contribution in [0.5, 0.6) is 5.75 Å². The van der Waals surface area contributed by atoms with Gasteiger partial charge in [0.2, 0.25) is 0 Å². The van der Waals surface area contributed by atoms with Gasteiger partial charge in [0.15, 0.2) is 0 Å². The second-order valence-corrected chi connectivity index (χ2v) is 6.46. The van der Waals surface area contributed by atoms with Crippen molar-refractivity contribution in [2.75, 3.05) is 31.5 Å². The lowest BCUT2D eigenvalue weighted by Crippen LogP contribution is -2.43. The maximum atomic E-state index is 12.3. The summed E-state index contributed by atoms with van der Waals surface area (Å²) in [5, 5.41) is 21.4. The summed E-state index contributed by atoms with van der Waals surface area (Å²) in [5.41, 5.74) is 1.79. The van der Waals surface area contributed by atoms with E-state index in [0.717, 1.165) is 32.7 Å². The summed E-state index contributed by atoms with van der Waals surface area (Å²) >= 11 is 0. The van der Waals surface area contributed by atoms with Gasteiger partial charge in [0.1, 0.15) is 17.4 Å². The van der Waals surface area contributed by atoms with Crippen LogP contribution >= 0.6 is 0 Å². The second kappa shape index (κ2) is 8.88. The number of hydrogen-bond donors (Lipinski definition) is 2. The normalized spacial score (nSPS) is 15.2. The zero-order chi connectivity index (χ0) is 19.1. The van der Waals surface area contributed by atoms with E-state index in [4.69, 9.17) is 0 Å². The van der Waals surface area contributed by atoms with E-state index >= 15 is 0 Å². The third kappa shape index (κ3) is 5.33. The van der Waals surface area contributed by atoms with Gasteiger partial charge in [0.05, 0.1) is 0 Å². The minimum Gasteiger partial charge on any atom is -0.508 e. The molecule has 1 heterocycles. The molecule has 1 amide bonds. The van der Waals surface area contributed by atoms with Gasteiger partial charge >= 0.3 is 0 Å². The Bertz CT molecular complexity index is 850. The first kappa shape index (κ1) is 18.5. The average molecular weight is 362 g/mol. The molecule has 0 spiro atoms. The molecular weight excluding hydrogens is 340 g/mol. The number of anilines is 1. The van der Waals surface area contributed by atoms with Crippen molar-refractivity contribution < 1.29 is 9.90 Å². The Morgan fingerprint density at radius 2 is 1.85 bits per heavy atom. The fourth-order valence-corrected chi connectivity index (χ4v) is 3.00. The van der Waals surface area contributed by atoms with Crippen molar-refractivity contribution in [1.82, 2.24) is 9.80 Å². The number of nitriles is 1. The van der Waals surface area contributed by atoms with Gasteiger partial charge in [-0.1, -0.05) is 36.4 Å². The minimum absolute atomic E-state index is 0.0508. The van der Waals surface area contributed by atoms with Crippen LogP contribution in [-0.4, -0.2) is 47.0 Å². The highest BCUT2D eigenvalue weighted by Crippen LogP contribution is 2.16. The molecule has 1 aliphatic rings. The van der Waals surface area contributed by atoms with E-state index in [9.17, 15) is 15.2 Å². The number of piperazine rings is 1. The molecule has 6 heteroatoms. The lowest BCUT2D eigenvalue weighted by atomic mass is 10.2. The van der Waals surface area contributed by atoms with E-state index in [1.54, 1.807) is 18.3 Å². The summed E-state index contributed by atoms with van der Waals surface area (Å²) in [5.74, 6) is -0.417. The molecule has 2 N–H and O–H groups in total. The molecule has 27 heavy (non-hydrogen) atoms. The Morgan fingerprint density at radius 1 is 1.11 bits per heavy atom. The number of nitrogens with zero attached hydrogens (tertiary/aromatic N) is 3. The maximum Gasteiger partial charge on any atom is 0.267 e. The molecule has 2 aromatic carbocycles. The van der Waals surface area contributed by atoms with Crippen molar-refractivity contribution in [3.63, 3.8) is 0 Å². The number of amides is 1. The van der Waals surface area contributed by atoms with Gasteiger partial charge in [-0.25, -0.2) is 0 Å². The van der Waals surface area contributed by atoms with Crippen molar-refractivity contribution in [1.29, 1.82) is 5.26 Å². The van der Waals surface area contributed by atoms with Crippen LogP contribution in [-0.2, 0) is 11.3 Å². The molecule has 6 nitrogen and oxygen atoms in total. The molecule has 0 radical (unpaired) electrons. The molecule has 1 aliphatic heterocycles. The lowest BCUT2D eigenvalue weighted by Gasteiger charge is -2.34. The third-order valence-corrected chi connectivity index (χ3v) is 4.44. The fraction of sp³-hybridized carbons (Fsp3) is 0.238. The molecule has 2 aromatic rings. The minimum atomic E-state index is -0.477. The number of carbonyl (C=O) groups excluding carboxylic acids is 1. The highest BCUT2D eigenvalue weighted by atomic mass is 16.3. The predicted octanol–water partition coefficient (Wildman–Crippen LogP) is 2.56. The van der Waals surface area contributed by atoms with E-state index in [1.165, 1.54) is 17.7 Å². The van der Waals surface area contributed by atoms with Crippen LogP contribution in [0.15, 0.2) is 66.4 Å². The smallest absolute Gasteiger partial charge is 0.267 e. The topological polar surface area (TPSA) is 79.6 Å². The van der Waals surface area contributed by atoms with Gasteiger partial charge in [0.25, 0.3) is 5.91 Å². The van der Waals surface area contributed by atoms with Gasteiger partial charge in [-0.05, 0) is 17.7 Å². The van der Waals surface area contributed by atoms with Gasteiger partial charge < -0.3 is 15.3 Å². The molecule has 0 aromatic heterocycles. The van der Waals surface area contributed by atoms with Crippen LogP contribution in [0.4, 0.5) is 5.69 Å². The standard InChI is InChI=1S/C21H22N4O2/c22-14-18(21(27)23-19-7-4-8-20(26)13-19)16-25-11-9-24(10-12-25)15-17-5-2-1-3-6-17/h1-8,13,16,26H,9-12,15H2,(H,23,27)/b18-16-. The summed E-state index contributed by atoms with van der Waals surface area (Å²) in [4.78, 5) is 16.7. The number of rotatable bonds is 5. The van der Waals surface area contributed by atoms with E-state index in [1.807, 2.05) is 29.2 Å². The van der Waals surface area contributed by atoms with E-state index in [0.29, 0.717) is 5.69 Å². The first-order valence-electron chi connectivity index (χ1n) is 8.86. The largest absolute Gasteiger partial charge is 0.508 e. The number of phenolic OH excluding ortho intramolecular Hbond substituents is 1. The zero-order valence-corrected chi connectivity index (χ0v) is 15.0. The third-order valence-electron chi connectivity index (χ3n) is 4.44. The van der Waals surface area contributed by atoms with Crippen molar-refractivity contribution >= 4 is 11.6 Å². The Labute approximate surface area is 158 Å². The van der Waals surface area contributed by atoms with Crippen molar-refractivity contribution in [3.8, 4) is 11.8 Å². The molecule has 0 saturated carbocycles. The molecule has 138 valence electrons. The molecule has 3 rings (SSSR count). The summed E-state index contributed by atoms with van der Waals surface area (Å²) in [7, 11) is 0. The van der Waals surface area contributed by atoms with Crippen LogP contribution in [0.1, 0.15) is 5.56 Å². The molecular formula is C21H22N4O2. The molecule has 0 atom stereocenters. The summed E-state index contributed by atoms with van der Waals surface area (Å²) < 4.78 is 0. The van der Waals surface area contributed by atoms with Crippen LogP contribution in [0.2, 0.25) is 0 Å². The zero-order valence-electron chi connectivity index (χ0n) is 15.0. The number of nitrogens with one attached hydrogen (secondary N) is 1. The van der Waals surface area contributed by atoms with E-state index in [2.05, 4.69) is 22.3 Å². The summed E-state index contributed by atoms with van der Waals surface area (Å²) in [6.07, 6.45) is 1.62. The quantitative estimate of drug-likeness (QED) is 0.631. The van der Waals surface area contributed by atoms with Gasteiger partial charge in [-0.2, -0.15) is 5.26 Å². The molecule has 0 bridgehead atoms. The average Bonchev–Trinajstić information content (AvgIpc) is 2.68. The molecule has 0 aliphatic carbocycles. The first-order chi connectivity index (χ1) is 13.1. The highest BCUT2D eigenvalue weighted by molar-refractivity contribution is 6.06. The van der Waals surface area contributed by atoms with E-state index < -0.39 is 5.91 Å².